The van der Waals surface area contributed by atoms with Crippen molar-refractivity contribution in [2.45, 2.75) is 71.2 Å². The van der Waals surface area contributed by atoms with E-state index in [4.69, 9.17) is 29.2 Å². The standard InChI is InChI=1S/C37H39N3O8/c1-19(2)26-17-28-37(48-28)35(4)16-15-25-29(27(35)18-45-36(37,5)20(26)3)31(47-34(25)43)30(21-7-9-22(10-8-21)32(41)39-40-38)46-33(42)23-11-13-24(44-6)14-12-23/h7-14,19-20,26-28H,15-18H2,1-6H3/b31-30+. The zero-order valence-electron chi connectivity index (χ0n) is 27.9. The molecule has 7 rings (SSSR count). The molecule has 7 unspecified atom stereocenters. The first-order valence-electron chi connectivity index (χ1n) is 16.5. The van der Waals surface area contributed by atoms with E-state index in [1.54, 1.807) is 36.4 Å². The lowest BCUT2D eigenvalue weighted by Gasteiger charge is -2.61. The topological polar surface area (TPSA) is 149 Å². The number of azide groups is 1. The van der Waals surface area contributed by atoms with Crippen molar-refractivity contribution in [1.82, 2.24) is 0 Å². The molecule has 48 heavy (non-hydrogen) atoms. The molecular formula is C37H39N3O8. The Labute approximate surface area is 278 Å². The summed E-state index contributed by atoms with van der Waals surface area (Å²) < 4.78 is 31.1. The third-order valence-electron chi connectivity index (χ3n) is 12.0. The van der Waals surface area contributed by atoms with Gasteiger partial charge in [0.25, 0.3) is 0 Å². The zero-order valence-corrected chi connectivity index (χ0v) is 27.9. The number of carbonyl (C=O) groups is 3. The number of methoxy groups -OCH3 is 1. The Hall–Kier alpha value is -4.44. The molecule has 2 aliphatic carbocycles. The zero-order chi connectivity index (χ0) is 34.2. The van der Waals surface area contributed by atoms with Gasteiger partial charge in [-0.2, -0.15) is 0 Å². The quantitative estimate of drug-likeness (QED) is 0.0795. The summed E-state index contributed by atoms with van der Waals surface area (Å²) in [6.07, 6.45) is 2.21. The highest BCUT2D eigenvalue weighted by Crippen LogP contribution is 2.74. The molecule has 2 saturated heterocycles. The molecule has 2 aromatic carbocycles. The summed E-state index contributed by atoms with van der Waals surface area (Å²) in [7, 11) is 1.53. The highest BCUT2D eigenvalue weighted by Gasteiger charge is 2.83. The molecular weight excluding hydrogens is 614 g/mol. The number of ether oxygens (including phenoxy) is 5. The first-order valence-corrected chi connectivity index (χ1v) is 16.5. The van der Waals surface area contributed by atoms with Crippen LogP contribution in [0.4, 0.5) is 0 Å². The minimum Gasteiger partial charge on any atom is -0.497 e. The molecule has 11 heteroatoms. The number of carbonyl (C=O) groups excluding carboxylic acids is 3. The van der Waals surface area contributed by atoms with Crippen LogP contribution in [0.5, 0.6) is 5.75 Å². The smallest absolute Gasteiger partial charge is 0.343 e. The van der Waals surface area contributed by atoms with Gasteiger partial charge in [-0.15, -0.1) is 0 Å². The lowest BCUT2D eigenvalue weighted by molar-refractivity contribution is -0.235. The number of nitrogens with zero attached hydrogens (tertiary/aromatic N) is 3. The Morgan fingerprint density at radius 3 is 2.35 bits per heavy atom. The number of benzene rings is 2. The fourth-order valence-electron chi connectivity index (χ4n) is 9.25. The average Bonchev–Trinajstić information content (AvgIpc) is 3.75. The predicted octanol–water partition coefficient (Wildman–Crippen LogP) is 7.18. The minimum absolute atomic E-state index is 0.0391. The van der Waals surface area contributed by atoms with Gasteiger partial charge in [-0.1, -0.05) is 52.0 Å². The van der Waals surface area contributed by atoms with Gasteiger partial charge in [0.05, 0.1) is 25.4 Å². The van der Waals surface area contributed by atoms with Crippen LogP contribution in [0, 0.1) is 29.1 Å². The minimum atomic E-state index is -0.754. The number of hydrogen-bond acceptors (Lipinski definition) is 8. The van der Waals surface area contributed by atoms with Gasteiger partial charge in [0, 0.05) is 38.5 Å². The highest BCUT2D eigenvalue weighted by atomic mass is 16.7. The van der Waals surface area contributed by atoms with Gasteiger partial charge in [0.1, 0.15) is 17.0 Å². The Balaban J connectivity index is 1.33. The second-order valence-corrected chi connectivity index (χ2v) is 14.3. The van der Waals surface area contributed by atoms with Gasteiger partial charge >= 0.3 is 11.9 Å². The number of allylic oxidation sites excluding steroid dienone is 1. The highest BCUT2D eigenvalue weighted by molar-refractivity contribution is 5.99. The first-order chi connectivity index (χ1) is 22.9. The lowest BCUT2D eigenvalue weighted by Crippen LogP contribution is -2.69. The van der Waals surface area contributed by atoms with E-state index in [1.807, 2.05) is 0 Å². The van der Waals surface area contributed by atoms with Crippen LogP contribution < -0.4 is 4.74 Å². The van der Waals surface area contributed by atoms with E-state index >= 15 is 0 Å². The van der Waals surface area contributed by atoms with Crippen molar-refractivity contribution in [3.63, 3.8) is 0 Å². The molecule has 250 valence electrons. The van der Waals surface area contributed by atoms with E-state index in [-0.39, 0.29) is 40.6 Å². The number of fused-ring (bicyclic) bond motifs is 2. The first kappa shape index (κ1) is 32.1. The normalized spacial score (nSPS) is 34.1. The number of amides is 1. The number of esters is 2. The van der Waals surface area contributed by atoms with Gasteiger partial charge < -0.3 is 23.7 Å². The SMILES string of the molecule is COc1ccc(C(=O)O/C(=C2/OC(=O)C3=C2C2COC4(C)C(C)C(C(C)C)CC5OC54C2(C)CC3)c2ccc(C(=O)N=[N+]=[N-])cc2)cc1. The molecule has 1 spiro atoms. The largest absolute Gasteiger partial charge is 0.497 e. The molecule has 0 aromatic heterocycles. The van der Waals surface area contributed by atoms with Crippen molar-refractivity contribution in [2.75, 3.05) is 13.7 Å². The van der Waals surface area contributed by atoms with Gasteiger partial charge in [-0.25, -0.2) is 9.59 Å². The Morgan fingerprint density at radius 2 is 1.71 bits per heavy atom. The Kier molecular flexibility index (Phi) is 7.58. The molecule has 0 radical (unpaired) electrons. The Morgan fingerprint density at radius 1 is 1.04 bits per heavy atom. The Bertz CT molecular complexity index is 1830. The summed E-state index contributed by atoms with van der Waals surface area (Å²) in [6.45, 7) is 11.6. The number of cyclic esters (lactones) is 1. The van der Waals surface area contributed by atoms with Crippen LogP contribution in [0.2, 0.25) is 0 Å². The summed E-state index contributed by atoms with van der Waals surface area (Å²) in [6, 6.07) is 12.6. The molecule has 2 aromatic rings. The summed E-state index contributed by atoms with van der Waals surface area (Å²) in [5, 5.41) is 3.17. The van der Waals surface area contributed by atoms with Crippen molar-refractivity contribution in [3.05, 3.63) is 92.6 Å². The van der Waals surface area contributed by atoms with Crippen molar-refractivity contribution in [3.8, 4) is 5.75 Å². The molecule has 5 aliphatic rings. The van der Waals surface area contributed by atoms with Crippen LogP contribution in [-0.2, 0) is 23.7 Å². The fourth-order valence-corrected chi connectivity index (χ4v) is 9.25. The van der Waals surface area contributed by atoms with Crippen LogP contribution in [0.3, 0.4) is 0 Å². The molecule has 3 heterocycles. The molecule has 7 atom stereocenters. The van der Waals surface area contributed by atoms with Gasteiger partial charge in [0.15, 0.2) is 11.5 Å². The van der Waals surface area contributed by atoms with Crippen LogP contribution in [0.25, 0.3) is 16.2 Å². The fraction of sp³-hybridized carbons (Fsp3) is 0.486. The van der Waals surface area contributed by atoms with Crippen molar-refractivity contribution in [2.24, 2.45) is 34.2 Å². The number of hydrogen-bond donors (Lipinski definition) is 0. The average molecular weight is 654 g/mol. The van der Waals surface area contributed by atoms with E-state index in [0.717, 1.165) is 12.8 Å². The molecule has 1 amide bonds. The number of epoxide rings is 1. The van der Waals surface area contributed by atoms with Crippen molar-refractivity contribution >= 4 is 23.6 Å². The number of rotatable bonds is 6. The van der Waals surface area contributed by atoms with Gasteiger partial charge in [-0.3, -0.25) is 4.79 Å². The van der Waals surface area contributed by atoms with Crippen molar-refractivity contribution < 1.29 is 38.1 Å². The van der Waals surface area contributed by atoms with E-state index in [1.165, 1.54) is 19.2 Å². The van der Waals surface area contributed by atoms with Gasteiger partial charge in [-0.05, 0) is 78.9 Å². The summed E-state index contributed by atoms with van der Waals surface area (Å²) in [5.41, 5.74) is 9.31. The van der Waals surface area contributed by atoms with Crippen LogP contribution in [0.1, 0.15) is 80.2 Å². The van der Waals surface area contributed by atoms with E-state index in [0.29, 0.717) is 47.3 Å². The van der Waals surface area contributed by atoms with Gasteiger partial charge in [0.2, 0.25) is 5.91 Å². The van der Waals surface area contributed by atoms with Crippen LogP contribution >= 0.6 is 0 Å². The van der Waals surface area contributed by atoms with E-state index in [9.17, 15) is 14.4 Å². The maximum absolute atomic E-state index is 13.6. The second kappa shape index (κ2) is 11.3. The van der Waals surface area contributed by atoms with E-state index in [2.05, 4.69) is 44.6 Å². The molecule has 11 nitrogen and oxygen atoms in total. The van der Waals surface area contributed by atoms with E-state index < -0.39 is 34.5 Å². The molecule has 3 fully saturated rings. The maximum atomic E-state index is 13.6. The van der Waals surface area contributed by atoms with Crippen LogP contribution in [0.15, 0.2) is 70.6 Å². The molecule has 0 bridgehead atoms. The summed E-state index contributed by atoms with van der Waals surface area (Å²) in [5.74, 6) is -0.203. The molecule has 0 N–H and O–H groups in total. The molecule has 1 saturated carbocycles. The predicted molar refractivity (Wildman–Crippen MR) is 173 cm³/mol. The third-order valence-corrected chi connectivity index (χ3v) is 12.0. The third kappa shape index (κ3) is 4.48. The summed E-state index contributed by atoms with van der Waals surface area (Å²) in [4.78, 5) is 42.0. The maximum Gasteiger partial charge on any atom is 0.343 e. The van der Waals surface area contributed by atoms with Crippen molar-refractivity contribution in [1.29, 1.82) is 0 Å². The summed E-state index contributed by atoms with van der Waals surface area (Å²) >= 11 is 0. The second-order valence-electron chi connectivity index (χ2n) is 14.3. The lowest BCUT2D eigenvalue weighted by atomic mass is 9.47. The molecule has 3 aliphatic heterocycles. The van der Waals surface area contributed by atoms with Crippen LogP contribution in [-0.4, -0.2) is 48.9 Å². The monoisotopic (exact) mass is 653 g/mol.